The van der Waals surface area contributed by atoms with Gasteiger partial charge in [-0.15, -0.1) is 0 Å². The van der Waals surface area contributed by atoms with Crippen LogP contribution in [0.15, 0.2) is 12.1 Å². The molecule has 0 amide bonds. The molecule has 2 aromatic rings. The summed E-state index contributed by atoms with van der Waals surface area (Å²) in [6.45, 7) is 9.60. The Labute approximate surface area is 141 Å². The highest BCUT2D eigenvalue weighted by atomic mass is 16.4. The molecule has 128 valence electrons. The second kappa shape index (κ2) is 6.51. The molecule has 2 N–H and O–H groups in total. The van der Waals surface area contributed by atoms with Crippen LogP contribution in [0.4, 0.5) is 0 Å². The first-order valence-electron chi connectivity index (χ1n) is 8.05. The summed E-state index contributed by atoms with van der Waals surface area (Å²) in [5.41, 5.74) is 4.80. The normalized spacial score (nSPS) is 10.9. The molecule has 0 aliphatic heterocycles. The molecule has 1 heterocycles. The molecule has 0 bridgehead atoms. The van der Waals surface area contributed by atoms with Crippen molar-refractivity contribution < 1.29 is 19.8 Å². The Bertz CT molecular complexity index is 807. The number of carboxylic acid groups (broad SMARTS) is 2. The summed E-state index contributed by atoms with van der Waals surface area (Å²) in [6, 6.07) is 3.97. The van der Waals surface area contributed by atoms with E-state index in [1.807, 2.05) is 46.8 Å². The van der Waals surface area contributed by atoms with Gasteiger partial charge in [0.25, 0.3) is 0 Å². The molecular weight excluding hydrogens is 306 g/mol. The maximum Gasteiger partial charge on any atom is 0.353 e. The van der Waals surface area contributed by atoms with Crippen LogP contribution in [-0.2, 0) is 12.8 Å². The van der Waals surface area contributed by atoms with Gasteiger partial charge in [0.1, 0.15) is 5.69 Å². The van der Waals surface area contributed by atoms with E-state index < -0.39 is 11.9 Å². The van der Waals surface area contributed by atoms with E-state index in [-0.39, 0.29) is 11.3 Å². The molecule has 0 saturated carbocycles. The average Bonchev–Trinajstić information content (AvgIpc) is 2.80. The van der Waals surface area contributed by atoms with E-state index in [0.29, 0.717) is 18.4 Å². The van der Waals surface area contributed by atoms with E-state index in [1.165, 1.54) is 0 Å². The van der Waals surface area contributed by atoms with Crippen LogP contribution in [0.1, 0.15) is 62.6 Å². The summed E-state index contributed by atoms with van der Waals surface area (Å²) in [6.07, 6.45) is 1.03. The number of carbonyl (C=O) groups is 2. The lowest BCUT2D eigenvalue weighted by Crippen LogP contribution is -2.15. The number of rotatable bonds is 5. The first kappa shape index (κ1) is 17.8. The zero-order valence-electron chi connectivity index (χ0n) is 14.7. The molecule has 0 unspecified atom stereocenters. The van der Waals surface area contributed by atoms with Gasteiger partial charge < -0.3 is 14.8 Å². The molecule has 0 radical (unpaired) electrons. The van der Waals surface area contributed by atoms with E-state index in [4.69, 9.17) is 0 Å². The van der Waals surface area contributed by atoms with Crippen LogP contribution in [0.2, 0.25) is 0 Å². The third-order valence-corrected chi connectivity index (χ3v) is 4.34. The molecule has 5 nitrogen and oxygen atoms in total. The van der Waals surface area contributed by atoms with Crippen molar-refractivity contribution in [2.24, 2.45) is 0 Å². The second-order valence-corrected chi connectivity index (χ2v) is 6.05. The van der Waals surface area contributed by atoms with E-state index >= 15 is 0 Å². The molecule has 1 aromatic heterocycles. The molecule has 5 heteroatoms. The molecular formula is C19H23NO4. The zero-order chi connectivity index (χ0) is 18.2. The number of benzene rings is 1. The Kier molecular flexibility index (Phi) is 4.83. The number of aryl methyl sites for hydroxylation is 3. The summed E-state index contributed by atoms with van der Waals surface area (Å²) in [7, 11) is 0. The lowest BCUT2D eigenvalue weighted by molar-refractivity contribution is 0.0645. The molecule has 24 heavy (non-hydrogen) atoms. The maximum absolute atomic E-state index is 11.9. The van der Waals surface area contributed by atoms with Crippen LogP contribution in [0, 0.1) is 20.8 Å². The Morgan fingerprint density at radius 1 is 0.958 bits per heavy atom. The molecule has 0 fully saturated rings. The summed E-state index contributed by atoms with van der Waals surface area (Å²) in [5.74, 6) is -2.42. The largest absolute Gasteiger partial charge is 0.478 e. The standard InChI is InChI=1S/C19H23NO4/c1-6-13-14(7-2)20(17(19(23)24)15(13)18(21)22)16-11(4)8-10(3)9-12(16)5/h8-9H,6-7H2,1-5H3,(H,21,22)(H,23,24). The highest BCUT2D eigenvalue weighted by Crippen LogP contribution is 2.32. The van der Waals surface area contributed by atoms with Gasteiger partial charge >= 0.3 is 11.9 Å². The zero-order valence-corrected chi connectivity index (χ0v) is 14.7. The van der Waals surface area contributed by atoms with Gasteiger partial charge in [-0.1, -0.05) is 31.5 Å². The maximum atomic E-state index is 11.9. The Morgan fingerprint density at radius 3 is 1.88 bits per heavy atom. The first-order chi connectivity index (χ1) is 11.2. The summed E-state index contributed by atoms with van der Waals surface area (Å²) in [5, 5.41) is 19.4. The van der Waals surface area contributed by atoms with Crippen molar-refractivity contribution in [1.82, 2.24) is 4.57 Å². The molecule has 2 rings (SSSR count). The van der Waals surface area contributed by atoms with Crippen molar-refractivity contribution in [3.8, 4) is 5.69 Å². The number of aromatic carboxylic acids is 2. The SMILES string of the molecule is CCc1c(C(=O)O)c(C(=O)O)n(-c2c(C)cc(C)cc2C)c1CC. The van der Waals surface area contributed by atoms with Crippen LogP contribution < -0.4 is 0 Å². The lowest BCUT2D eigenvalue weighted by Gasteiger charge is -2.18. The molecule has 0 saturated heterocycles. The van der Waals surface area contributed by atoms with Gasteiger partial charge in [-0.2, -0.15) is 0 Å². The van der Waals surface area contributed by atoms with E-state index in [9.17, 15) is 19.8 Å². The van der Waals surface area contributed by atoms with Crippen molar-refractivity contribution >= 4 is 11.9 Å². The highest BCUT2D eigenvalue weighted by molar-refractivity contribution is 6.03. The molecule has 0 spiro atoms. The quantitative estimate of drug-likeness (QED) is 0.871. The minimum absolute atomic E-state index is 0.0961. The summed E-state index contributed by atoms with van der Waals surface area (Å²) in [4.78, 5) is 23.7. The number of aromatic nitrogens is 1. The van der Waals surface area contributed by atoms with Crippen LogP contribution in [0.25, 0.3) is 5.69 Å². The van der Waals surface area contributed by atoms with Crippen LogP contribution >= 0.6 is 0 Å². The Morgan fingerprint density at radius 2 is 1.50 bits per heavy atom. The van der Waals surface area contributed by atoms with E-state index in [2.05, 4.69) is 0 Å². The molecule has 0 aliphatic carbocycles. The van der Waals surface area contributed by atoms with E-state index in [1.54, 1.807) is 4.57 Å². The van der Waals surface area contributed by atoms with Gasteiger partial charge in [-0.3, -0.25) is 0 Å². The van der Waals surface area contributed by atoms with Crippen molar-refractivity contribution in [3.05, 3.63) is 51.3 Å². The smallest absolute Gasteiger partial charge is 0.353 e. The predicted octanol–water partition coefficient (Wildman–Crippen LogP) is 3.92. The van der Waals surface area contributed by atoms with Gasteiger partial charge in [0.05, 0.1) is 11.3 Å². The monoisotopic (exact) mass is 329 g/mol. The van der Waals surface area contributed by atoms with Crippen molar-refractivity contribution in [3.63, 3.8) is 0 Å². The number of hydrogen-bond donors (Lipinski definition) is 2. The summed E-state index contributed by atoms with van der Waals surface area (Å²) >= 11 is 0. The highest BCUT2D eigenvalue weighted by Gasteiger charge is 2.31. The Balaban J connectivity index is 3.04. The first-order valence-corrected chi connectivity index (χ1v) is 8.05. The fraction of sp³-hybridized carbons (Fsp3) is 0.368. The number of hydrogen-bond acceptors (Lipinski definition) is 2. The van der Waals surface area contributed by atoms with Crippen LogP contribution in [-0.4, -0.2) is 26.7 Å². The average molecular weight is 329 g/mol. The third kappa shape index (κ3) is 2.70. The van der Waals surface area contributed by atoms with Crippen molar-refractivity contribution in [2.75, 3.05) is 0 Å². The Hall–Kier alpha value is -2.56. The number of carboxylic acids is 2. The third-order valence-electron chi connectivity index (χ3n) is 4.34. The van der Waals surface area contributed by atoms with E-state index in [0.717, 1.165) is 28.1 Å². The van der Waals surface area contributed by atoms with Gasteiger partial charge in [0.15, 0.2) is 0 Å². The second-order valence-electron chi connectivity index (χ2n) is 6.05. The lowest BCUT2D eigenvalue weighted by atomic mass is 10.0. The van der Waals surface area contributed by atoms with Crippen LogP contribution in [0.5, 0.6) is 0 Å². The topological polar surface area (TPSA) is 79.5 Å². The minimum atomic E-state index is -1.22. The van der Waals surface area contributed by atoms with Gasteiger partial charge in [0, 0.05) is 5.69 Å². The molecule has 1 aromatic carbocycles. The minimum Gasteiger partial charge on any atom is -0.478 e. The number of nitrogens with zero attached hydrogens (tertiary/aromatic N) is 1. The van der Waals surface area contributed by atoms with Gasteiger partial charge in [-0.05, 0) is 50.3 Å². The molecule has 0 atom stereocenters. The summed E-state index contributed by atoms with van der Waals surface area (Å²) < 4.78 is 1.63. The fourth-order valence-electron chi connectivity index (χ4n) is 3.63. The predicted molar refractivity (Wildman–Crippen MR) is 92.7 cm³/mol. The fourth-order valence-corrected chi connectivity index (χ4v) is 3.63. The van der Waals surface area contributed by atoms with Crippen molar-refractivity contribution in [2.45, 2.75) is 47.5 Å². The van der Waals surface area contributed by atoms with Crippen LogP contribution in [0.3, 0.4) is 0 Å². The molecule has 0 aliphatic rings. The van der Waals surface area contributed by atoms with Gasteiger partial charge in [0.2, 0.25) is 0 Å². The van der Waals surface area contributed by atoms with Gasteiger partial charge in [-0.25, -0.2) is 9.59 Å². The van der Waals surface area contributed by atoms with Crippen molar-refractivity contribution in [1.29, 1.82) is 0 Å².